The van der Waals surface area contributed by atoms with Crippen LogP contribution in [-0.4, -0.2) is 94.3 Å². The normalized spacial score (nSPS) is 28.3. The molecule has 0 radical (unpaired) electrons. The number of aryl methyl sites for hydroxylation is 1. The van der Waals surface area contributed by atoms with Gasteiger partial charge >= 0.3 is 0 Å². The van der Waals surface area contributed by atoms with E-state index < -0.39 is 30.5 Å². The van der Waals surface area contributed by atoms with Crippen molar-refractivity contribution in [1.82, 2.24) is 20.4 Å². The maximum Gasteiger partial charge on any atom is 0.238 e. The number of aromatic nitrogens is 2. The Balaban J connectivity index is 1.21. The van der Waals surface area contributed by atoms with Crippen molar-refractivity contribution in [2.45, 2.75) is 90.3 Å². The first kappa shape index (κ1) is 31.2. The predicted molar refractivity (Wildman–Crippen MR) is 163 cm³/mol. The zero-order chi connectivity index (χ0) is 29.9. The summed E-state index contributed by atoms with van der Waals surface area (Å²) in [5, 5.41) is 41.7. The summed E-state index contributed by atoms with van der Waals surface area (Å²) in [6.07, 6.45) is 6.29. The molecular weight excluding hydrogens is 532 g/mol. The summed E-state index contributed by atoms with van der Waals surface area (Å²) >= 11 is 0. The summed E-state index contributed by atoms with van der Waals surface area (Å²) in [4.78, 5) is 2.64. The Labute approximate surface area is 250 Å². The van der Waals surface area contributed by atoms with Crippen molar-refractivity contribution in [3.05, 3.63) is 52.2 Å². The molecule has 9 heteroatoms. The number of nitrogens with zero attached hydrogens (tertiary/aromatic N) is 2. The lowest BCUT2D eigenvalue weighted by atomic mass is 9.78. The van der Waals surface area contributed by atoms with Crippen molar-refractivity contribution in [2.75, 3.05) is 39.3 Å². The summed E-state index contributed by atoms with van der Waals surface area (Å²) in [5.41, 5.74) is 6.01. The maximum atomic E-state index is 10.7. The number of aliphatic hydroxyl groups excluding tert-OH is 3. The first-order valence-corrected chi connectivity index (χ1v) is 15.7. The van der Waals surface area contributed by atoms with Gasteiger partial charge in [-0.3, -0.25) is 5.10 Å². The van der Waals surface area contributed by atoms with Gasteiger partial charge in [0.05, 0.1) is 12.7 Å². The van der Waals surface area contributed by atoms with Crippen molar-refractivity contribution < 1.29 is 24.8 Å². The summed E-state index contributed by atoms with van der Waals surface area (Å²) < 4.78 is 11.8. The topological polar surface area (TPSA) is 123 Å². The summed E-state index contributed by atoms with van der Waals surface area (Å²) in [7, 11) is 0. The molecular formula is C33H50N4O5. The fraction of sp³-hybridized carbons (Fsp3) is 0.667. The molecule has 9 nitrogen and oxygen atoms in total. The standard InChI is InChI=1S/C33H50N4O5/c1-21(2)28-26(31(36-35-28)42-32-30(40)23(4)29(39)27(19-38)41-32)18-25-9-8-24(17-22(25)3)7-5-6-15-37-16-12-33(20-37)10-13-34-14-11-33/h5,7-9,17,21,23,27,29-30,32,34,38-40H,6,10-16,18-20H2,1-4H3,(H,35,36). The van der Waals surface area contributed by atoms with E-state index in [2.05, 4.69) is 71.5 Å². The Bertz CT molecular complexity index is 1210. The number of hydrogen-bond acceptors (Lipinski definition) is 8. The van der Waals surface area contributed by atoms with Crippen molar-refractivity contribution in [2.24, 2.45) is 11.3 Å². The first-order valence-electron chi connectivity index (χ1n) is 15.7. The Kier molecular flexibility index (Phi) is 10.1. The highest BCUT2D eigenvalue weighted by Crippen LogP contribution is 2.38. The van der Waals surface area contributed by atoms with Crippen LogP contribution in [0.5, 0.6) is 5.88 Å². The fourth-order valence-electron chi connectivity index (χ4n) is 6.86. The molecule has 0 bridgehead atoms. The molecule has 4 heterocycles. The van der Waals surface area contributed by atoms with Crippen molar-refractivity contribution in [1.29, 1.82) is 0 Å². The number of ether oxygens (including phenoxy) is 2. The number of H-pyrrole nitrogens is 1. The molecule has 5 rings (SSSR count). The minimum Gasteiger partial charge on any atom is -0.444 e. The molecule has 232 valence electrons. The SMILES string of the molecule is Cc1cc(C=CCCN2CCC3(CCNCC3)C2)ccc1Cc1c(OC2OC(CO)C(O)C(C)C2O)n[nH]c1C(C)C. The average molecular weight is 583 g/mol. The van der Waals surface area contributed by atoms with Crippen LogP contribution in [0.3, 0.4) is 0 Å². The molecule has 0 saturated carbocycles. The van der Waals surface area contributed by atoms with Gasteiger partial charge in [-0.1, -0.05) is 51.1 Å². The molecule has 1 spiro atoms. The zero-order valence-electron chi connectivity index (χ0n) is 25.7. The van der Waals surface area contributed by atoms with Crippen LogP contribution >= 0.6 is 0 Å². The summed E-state index contributed by atoms with van der Waals surface area (Å²) in [6, 6.07) is 6.56. The molecule has 3 fully saturated rings. The number of benzene rings is 1. The molecule has 0 aliphatic carbocycles. The van der Waals surface area contributed by atoms with E-state index in [1.807, 2.05) is 0 Å². The number of nitrogens with one attached hydrogen (secondary N) is 2. The van der Waals surface area contributed by atoms with Crippen molar-refractivity contribution >= 4 is 6.08 Å². The van der Waals surface area contributed by atoms with Gasteiger partial charge in [-0.2, -0.15) is 0 Å². The summed E-state index contributed by atoms with van der Waals surface area (Å²) in [5.74, 6) is 0.0486. The number of piperidine rings is 1. The lowest BCUT2D eigenvalue weighted by molar-refractivity contribution is -0.261. The van der Waals surface area contributed by atoms with E-state index in [0.29, 0.717) is 17.7 Å². The first-order chi connectivity index (χ1) is 20.2. The van der Waals surface area contributed by atoms with Crippen LogP contribution < -0.4 is 10.1 Å². The number of aromatic amines is 1. The van der Waals surface area contributed by atoms with Crippen LogP contribution in [-0.2, 0) is 11.2 Å². The highest BCUT2D eigenvalue weighted by atomic mass is 16.7. The molecule has 5 unspecified atom stereocenters. The van der Waals surface area contributed by atoms with Gasteiger partial charge in [0.15, 0.2) is 0 Å². The molecule has 5 atom stereocenters. The number of aliphatic hydroxyl groups is 3. The smallest absolute Gasteiger partial charge is 0.238 e. The second-order valence-corrected chi connectivity index (χ2v) is 13.1. The second kappa shape index (κ2) is 13.6. The van der Waals surface area contributed by atoms with E-state index in [9.17, 15) is 15.3 Å². The number of rotatable bonds is 10. The Morgan fingerprint density at radius 1 is 1.19 bits per heavy atom. The highest BCUT2D eigenvalue weighted by molar-refractivity contribution is 5.52. The lowest BCUT2D eigenvalue weighted by Gasteiger charge is -2.40. The molecule has 5 N–H and O–H groups in total. The van der Waals surface area contributed by atoms with Gasteiger partial charge in [-0.15, -0.1) is 5.10 Å². The van der Waals surface area contributed by atoms with Gasteiger partial charge in [0.2, 0.25) is 12.2 Å². The van der Waals surface area contributed by atoms with Gasteiger partial charge in [-0.05, 0) is 80.3 Å². The van der Waals surface area contributed by atoms with Crippen LogP contribution in [0.25, 0.3) is 6.08 Å². The van der Waals surface area contributed by atoms with Gasteiger partial charge in [-0.25, -0.2) is 0 Å². The Hall–Kier alpha value is -2.27. The Morgan fingerprint density at radius 3 is 2.69 bits per heavy atom. The third kappa shape index (κ3) is 6.93. The average Bonchev–Trinajstić information content (AvgIpc) is 3.56. The molecule has 2 aromatic rings. The fourth-order valence-corrected chi connectivity index (χ4v) is 6.86. The Morgan fingerprint density at radius 2 is 1.98 bits per heavy atom. The molecule has 3 aliphatic rings. The van der Waals surface area contributed by atoms with Gasteiger partial charge in [0.25, 0.3) is 0 Å². The van der Waals surface area contributed by atoms with Crippen molar-refractivity contribution in [3.8, 4) is 5.88 Å². The third-order valence-electron chi connectivity index (χ3n) is 9.73. The van der Waals surface area contributed by atoms with E-state index in [4.69, 9.17) is 9.47 Å². The largest absolute Gasteiger partial charge is 0.444 e. The number of hydrogen-bond donors (Lipinski definition) is 5. The zero-order valence-corrected chi connectivity index (χ0v) is 25.7. The molecule has 3 aliphatic heterocycles. The minimum atomic E-state index is -1.06. The van der Waals surface area contributed by atoms with Crippen LogP contribution in [0, 0.1) is 18.3 Å². The van der Waals surface area contributed by atoms with E-state index >= 15 is 0 Å². The van der Waals surface area contributed by atoms with Crippen LogP contribution in [0.4, 0.5) is 0 Å². The monoisotopic (exact) mass is 582 g/mol. The van der Waals surface area contributed by atoms with E-state index in [1.165, 1.54) is 62.1 Å². The molecule has 42 heavy (non-hydrogen) atoms. The van der Waals surface area contributed by atoms with Crippen LogP contribution in [0.2, 0.25) is 0 Å². The number of likely N-dealkylation sites (tertiary alicyclic amines) is 1. The van der Waals surface area contributed by atoms with Crippen LogP contribution in [0.1, 0.15) is 80.3 Å². The van der Waals surface area contributed by atoms with E-state index in [1.54, 1.807) is 6.92 Å². The third-order valence-corrected chi connectivity index (χ3v) is 9.73. The lowest BCUT2D eigenvalue weighted by Crippen LogP contribution is -2.56. The second-order valence-electron chi connectivity index (χ2n) is 13.1. The molecule has 3 saturated heterocycles. The van der Waals surface area contributed by atoms with E-state index in [0.717, 1.165) is 24.2 Å². The van der Waals surface area contributed by atoms with Gasteiger partial charge in [0.1, 0.15) is 12.2 Å². The quantitative estimate of drug-likeness (QED) is 0.289. The summed E-state index contributed by atoms with van der Waals surface area (Å²) in [6.45, 7) is 13.6. The minimum absolute atomic E-state index is 0.191. The molecule has 1 aromatic heterocycles. The van der Waals surface area contributed by atoms with Crippen LogP contribution in [0.15, 0.2) is 24.3 Å². The molecule has 0 amide bonds. The van der Waals surface area contributed by atoms with Gasteiger partial charge < -0.3 is 35.0 Å². The highest BCUT2D eigenvalue weighted by Gasteiger charge is 2.44. The maximum absolute atomic E-state index is 10.7. The van der Waals surface area contributed by atoms with Gasteiger partial charge in [0, 0.05) is 36.7 Å². The molecule has 1 aromatic carbocycles. The predicted octanol–water partition coefficient (Wildman–Crippen LogP) is 3.37. The van der Waals surface area contributed by atoms with E-state index in [-0.39, 0.29) is 12.5 Å². The van der Waals surface area contributed by atoms with Crippen molar-refractivity contribution in [3.63, 3.8) is 0 Å².